The largest absolute Gasteiger partial charge is 0.494 e. The Hall–Kier alpha value is -1.94. The summed E-state index contributed by atoms with van der Waals surface area (Å²) in [5.74, 6) is 0.533. The van der Waals surface area contributed by atoms with Crippen molar-refractivity contribution in [3.05, 3.63) is 53.6 Å². The summed E-state index contributed by atoms with van der Waals surface area (Å²) in [6.45, 7) is 2.28. The standard InChI is InChI=1S/C17H20N2O5S2/c1-2-24-15-7-10-16(11-8-15)25(20,21)18-19-26(22,23)17-9-6-13-4-3-5-14(13)12-17/h6-12,18-19H,2-5H2,1H3. The molecule has 0 saturated carbocycles. The van der Waals surface area contributed by atoms with E-state index in [1.807, 2.05) is 16.6 Å². The predicted molar refractivity (Wildman–Crippen MR) is 96.7 cm³/mol. The fourth-order valence-electron chi connectivity index (χ4n) is 2.82. The average Bonchev–Trinajstić information content (AvgIpc) is 3.09. The van der Waals surface area contributed by atoms with Crippen LogP contribution in [0, 0.1) is 0 Å². The molecule has 0 spiro atoms. The van der Waals surface area contributed by atoms with Crippen LogP contribution in [0.5, 0.6) is 5.75 Å². The summed E-state index contributed by atoms with van der Waals surface area (Å²) in [7, 11) is -8.05. The third kappa shape index (κ3) is 4.07. The van der Waals surface area contributed by atoms with Crippen LogP contribution in [0.2, 0.25) is 0 Å². The summed E-state index contributed by atoms with van der Waals surface area (Å²) in [6, 6.07) is 10.6. The molecule has 3 rings (SSSR count). The molecule has 0 atom stereocenters. The van der Waals surface area contributed by atoms with Gasteiger partial charge in [0.1, 0.15) is 5.75 Å². The van der Waals surface area contributed by atoms with Crippen LogP contribution in [0.4, 0.5) is 0 Å². The summed E-state index contributed by atoms with van der Waals surface area (Å²) in [5, 5.41) is 0. The molecule has 1 aliphatic carbocycles. The zero-order valence-electron chi connectivity index (χ0n) is 14.2. The fourth-order valence-corrected chi connectivity index (χ4v) is 4.98. The molecule has 1 aliphatic rings. The molecule has 0 saturated heterocycles. The van der Waals surface area contributed by atoms with E-state index in [1.165, 1.54) is 30.3 Å². The van der Waals surface area contributed by atoms with Gasteiger partial charge in [0.05, 0.1) is 16.4 Å². The minimum Gasteiger partial charge on any atom is -0.494 e. The van der Waals surface area contributed by atoms with Gasteiger partial charge in [-0.1, -0.05) is 6.07 Å². The molecule has 0 amide bonds. The van der Waals surface area contributed by atoms with Gasteiger partial charge in [-0.25, -0.2) is 16.8 Å². The first-order valence-corrected chi connectivity index (χ1v) is 11.2. The predicted octanol–water partition coefficient (Wildman–Crippen LogP) is 1.75. The summed E-state index contributed by atoms with van der Waals surface area (Å²) >= 11 is 0. The van der Waals surface area contributed by atoms with Gasteiger partial charge in [0, 0.05) is 0 Å². The van der Waals surface area contributed by atoms with Gasteiger partial charge >= 0.3 is 0 Å². The van der Waals surface area contributed by atoms with Crippen molar-refractivity contribution < 1.29 is 21.6 Å². The van der Waals surface area contributed by atoms with Crippen LogP contribution >= 0.6 is 0 Å². The number of rotatable bonds is 7. The van der Waals surface area contributed by atoms with E-state index in [1.54, 1.807) is 12.1 Å². The van der Waals surface area contributed by atoms with Crippen molar-refractivity contribution in [3.63, 3.8) is 0 Å². The molecule has 0 aliphatic heterocycles. The number of hydrogen-bond donors (Lipinski definition) is 2. The zero-order valence-corrected chi connectivity index (χ0v) is 15.9. The van der Waals surface area contributed by atoms with Crippen molar-refractivity contribution in [3.8, 4) is 5.75 Å². The van der Waals surface area contributed by atoms with Gasteiger partial charge in [-0.15, -0.1) is 9.66 Å². The highest BCUT2D eigenvalue weighted by Crippen LogP contribution is 2.24. The molecular formula is C17H20N2O5S2. The third-order valence-electron chi connectivity index (χ3n) is 4.14. The summed E-state index contributed by atoms with van der Waals surface area (Å²) in [6.07, 6.45) is 2.76. The van der Waals surface area contributed by atoms with Gasteiger partial charge in [-0.2, -0.15) is 0 Å². The number of aryl methyl sites for hydroxylation is 2. The maximum absolute atomic E-state index is 12.4. The SMILES string of the molecule is CCOc1ccc(S(=O)(=O)NNS(=O)(=O)c2ccc3c(c2)CCC3)cc1. The summed E-state index contributed by atoms with van der Waals surface area (Å²) < 4.78 is 54.6. The van der Waals surface area contributed by atoms with E-state index in [4.69, 9.17) is 4.74 Å². The van der Waals surface area contributed by atoms with Crippen LogP contribution in [0.15, 0.2) is 52.3 Å². The van der Waals surface area contributed by atoms with E-state index in [2.05, 4.69) is 0 Å². The molecule has 26 heavy (non-hydrogen) atoms. The molecule has 0 bridgehead atoms. The third-order valence-corrected chi connectivity index (χ3v) is 6.77. The highest BCUT2D eigenvalue weighted by Gasteiger charge is 2.22. The minimum atomic E-state index is -4.04. The van der Waals surface area contributed by atoms with Gasteiger partial charge in [-0.05, 0) is 73.7 Å². The van der Waals surface area contributed by atoms with E-state index in [0.29, 0.717) is 12.4 Å². The van der Waals surface area contributed by atoms with Crippen molar-refractivity contribution in [1.29, 1.82) is 0 Å². The molecular weight excluding hydrogens is 376 g/mol. The highest BCUT2D eigenvalue weighted by molar-refractivity contribution is 7.92. The zero-order chi connectivity index (χ0) is 18.8. The lowest BCUT2D eigenvalue weighted by Gasteiger charge is -2.11. The summed E-state index contributed by atoms with van der Waals surface area (Å²) in [5.41, 5.74) is 2.13. The maximum Gasteiger partial charge on any atom is 0.254 e. The average molecular weight is 396 g/mol. The highest BCUT2D eigenvalue weighted by atomic mass is 32.2. The molecule has 0 unspecified atom stereocenters. The van der Waals surface area contributed by atoms with Gasteiger partial charge in [0.15, 0.2) is 0 Å². The lowest BCUT2D eigenvalue weighted by molar-refractivity contribution is 0.340. The van der Waals surface area contributed by atoms with Crippen LogP contribution in [-0.4, -0.2) is 23.4 Å². The first-order chi connectivity index (χ1) is 12.3. The van der Waals surface area contributed by atoms with E-state index in [0.717, 1.165) is 30.4 Å². The Bertz CT molecular complexity index is 1000. The fraction of sp³-hybridized carbons (Fsp3) is 0.294. The Morgan fingerprint density at radius 3 is 2.08 bits per heavy atom. The van der Waals surface area contributed by atoms with Gasteiger partial charge in [-0.3, -0.25) is 0 Å². The van der Waals surface area contributed by atoms with Crippen molar-refractivity contribution in [2.24, 2.45) is 0 Å². The number of benzene rings is 2. The van der Waals surface area contributed by atoms with E-state index in [9.17, 15) is 16.8 Å². The molecule has 2 N–H and O–H groups in total. The van der Waals surface area contributed by atoms with Crippen molar-refractivity contribution in [2.75, 3.05) is 6.61 Å². The quantitative estimate of drug-likeness (QED) is 0.694. The van der Waals surface area contributed by atoms with Crippen LogP contribution in [0.25, 0.3) is 0 Å². The normalized spacial score (nSPS) is 14.2. The molecule has 7 nitrogen and oxygen atoms in total. The Morgan fingerprint density at radius 2 is 1.42 bits per heavy atom. The second kappa shape index (κ2) is 7.36. The lowest BCUT2D eigenvalue weighted by Crippen LogP contribution is -2.41. The van der Waals surface area contributed by atoms with Gasteiger partial charge in [0.25, 0.3) is 20.0 Å². The number of hydrogen-bond acceptors (Lipinski definition) is 5. The van der Waals surface area contributed by atoms with Crippen LogP contribution in [0.3, 0.4) is 0 Å². The second-order valence-corrected chi connectivity index (χ2v) is 9.26. The van der Waals surface area contributed by atoms with Crippen molar-refractivity contribution in [2.45, 2.75) is 36.0 Å². The topological polar surface area (TPSA) is 102 Å². The number of ether oxygens (including phenoxy) is 1. The molecule has 9 heteroatoms. The Morgan fingerprint density at radius 1 is 0.846 bits per heavy atom. The Kier molecular flexibility index (Phi) is 5.33. The summed E-state index contributed by atoms with van der Waals surface area (Å²) in [4.78, 5) is 3.84. The molecule has 140 valence electrons. The smallest absolute Gasteiger partial charge is 0.254 e. The molecule has 0 aromatic heterocycles. The van der Waals surface area contributed by atoms with Crippen LogP contribution < -0.4 is 14.4 Å². The Labute approximate surface area is 153 Å². The van der Waals surface area contributed by atoms with Crippen molar-refractivity contribution >= 4 is 20.0 Å². The van der Waals surface area contributed by atoms with E-state index >= 15 is 0 Å². The Balaban J connectivity index is 1.74. The molecule has 0 radical (unpaired) electrons. The van der Waals surface area contributed by atoms with E-state index in [-0.39, 0.29) is 9.79 Å². The first kappa shape index (κ1) is 18.8. The van der Waals surface area contributed by atoms with E-state index < -0.39 is 20.0 Å². The van der Waals surface area contributed by atoms with Crippen LogP contribution in [-0.2, 0) is 32.9 Å². The number of fused-ring (bicyclic) bond motifs is 1. The lowest BCUT2D eigenvalue weighted by atomic mass is 10.1. The van der Waals surface area contributed by atoms with Crippen LogP contribution in [0.1, 0.15) is 24.5 Å². The van der Waals surface area contributed by atoms with Crippen molar-refractivity contribution in [1.82, 2.24) is 9.66 Å². The maximum atomic E-state index is 12.4. The number of nitrogens with one attached hydrogen (secondary N) is 2. The second-order valence-electron chi connectivity index (χ2n) is 5.90. The molecule has 0 fully saturated rings. The number of sulfonamides is 2. The van der Waals surface area contributed by atoms with Gasteiger partial charge in [0.2, 0.25) is 0 Å². The van der Waals surface area contributed by atoms with Gasteiger partial charge < -0.3 is 4.74 Å². The minimum absolute atomic E-state index is 0.0348. The molecule has 2 aromatic rings. The molecule has 2 aromatic carbocycles. The molecule has 0 heterocycles. The monoisotopic (exact) mass is 396 g/mol. The first-order valence-electron chi connectivity index (χ1n) is 8.20. The number of hydrazine groups is 1.